The van der Waals surface area contributed by atoms with Crippen LogP contribution in [0.5, 0.6) is 0 Å². The van der Waals surface area contributed by atoms with Gasteiger partial charge in [0.2, 0.25) is 0 Å². The Kier molecular flexibility index (Phi) is 2.68. The lowest BCUT2D eigenvalue weighted by atomic mass is 9.53. The molecule has 2 heterocycles. The SMILES string of the molecule is C=C1C(=O)O[C@@H]2C[C@@]3(C)C[C@@H](OC(C)=O)C[C@H](C)[C@@]34O[C@H]4[C@H]12. The molecule has 2 saturated heterocycles. The maximum absolute atomic E-state index is 11.9. The predicted octanol–water partition coefficient (Wildman–Crippen LogP) is 1.99. The van der Waals surface area contributed by atoms with Gasteiger partial charge in [-0.3, -0.25) is 4.79 Å². The summed E-state index contributed by atoms with van der Waals surface area (Å²) in [5.74, 6) is -0.246. The van der Waals surface area contributed by atoms with Crippen molar-refractivity contribution in [2.45, 2.75) is 63.9 Å². The van der Waals surface area contributed by atoms with Crippen molar-refractivity contribution < 1.29 is 23.8 Å². The molecule has 0 unspecified atom stereocenters. The Labute approximate surface area is 130 Å². The van der Waals surface area contributed by atoms with Crippen LogP contribution in [0, 0.1) is 17.3 Å². The van der Waals surface area contributed by atoms with Crippen molar-refractivity contribution in [2.24, 2.45) is 17.3 Å². The Morgan fingerprint density at radius 1 is 1.41 bits per heavy atom. The minimum Gasteiger partial charge on any atom is -0.463 e. The molecular formula is C17H22O5. The van der Waals surface area contributed by atoms with Gasteiger partial charge in [0, 0.05) is 17.9 Å². The van der Waals surface area contributed by atoms with E-state index in [9.17, 15) is 9.59 Å². The van der Waals surface area contributed by atoms with Crippen molar-refractivity contribution in [3.63, 3.8) is 0 Å². The van der Waals surface area contributed by atoms with Crippen LogP contribution in [0.3, 0.4) is 0 Å². The van der Waals surface area contributed by atoms with Gasteiger partial charge in [0.15, 0.2) is 0 Å². The van der Waals surface area contributed by atoms with Crippen molar-refractivity contribution in [1.82, 2.24) is 0 Å². The smallest absolute Gasteiger partial charge is 0.334 e. The molecule has 0 N–H and O–H groups in total. The van der Waals surface area contributed by atoms with Crippen molar-refractivity contribution >= 4 is 11.9 Å². The second kappa shape index (κ2) is 4.13. The van der Waals surface area contributed by atoms with Crippen LogP contribution in [0.4, 0.5) is 0 Å². The van der Waals surface area contributed by atoms with Crippen LogP contribution < -0.4 is 0 Å². The molecule has 1 spiro atoms. The summed E-state index contributed by atoms with van der Waals surface area (Å²) in [6, 6.07) is 0. The lowest BCUT2D eigenvalue weighted by Gasteiger charge is -2.50. The van der Waals surface area contributed by atoms with E-state index in [1.165, 1.54) is 6.92 Å². The van der Waals surface area contributed by atoms with E-state index in [2.05, 4.69) is 20.4 Å². The third-order valence-corrected chi connectivity index (χ3v) is 6.29. The highest BCUT2D eigenvalue weighted by atomic mass is 16.6. The van der Waals surface area contributed by atoms with E-state index in [0.29, 0.717) is 5.57 Å². The molecule has 5 heteroatoms. The molecule has 4 rings (SSSR count). The maximum Gasteiger partial charge on any atom is 0.334 e. The zero-order valence-corrected chi connectivity index (χ0v) is 13.3. The molecule has 4 fully saturated rings. The van der Waals surface area contributed by atoms with Crippen LogP contribution in [0.2, 0.25) is 0 Å². The molecule has 0 aromatic rings. The summed E-state index contributed by atoms with van der Waals surface area (Å²) >= 11 is 0. The highest BCUT2D eigenvalue weighted by Crippen LogP contribution is 2.70. The van der Waals surface area contributed by atoms with Gasteiger partial charge in [-0.15, -0.1) is 0 Å². The van der Waals surface area contributed by atoms with Gasteiger partial charge >= 0.3 is 11.9 Å². The second-order valence-electron chi connectivity index (χ2n) is 7.66. The number of rotatable bonds is 1. The summed E-state index contributed by atoms with van der Waals surface area (Å²) in [6.45, 7) is 9.71. The van der Waals surface area contributed by atoms with Crippen LogP contribution in [-0.2, 0) is 23.8 Å². The number of esters is 2. The second-order valence-corrected chi connectivity index (χ2v) is 7.66. The molecule has 2 aliphatic carbocycles. The molecule has 2 aliphatic heterocycles. The van der Waals surface area contributed by atoms with Gasteiger partial charge in [0.25, 0.3) is 0 Å². The third kappa shape index (κ3) is 1.58. The van der Waals surface area contributed by atoms with Crippen LogP contribution in [0.25, 0.3) is 0 Å². The fourth-order valence-corrected chi connectivity index (χ4v) is 5.51. The summed E-state index contributed by atoms with van der Waals surface area (Å²) in [5.41, 5.74) is 0.201. The normalized spacial score (nSPS) is 52.2. The maximum atomic E-state index is 11.9. The number of hydrogen-bond donors (Lipinski definition) is 0. The lowest BCUT2D eigenvalue weighted by molar-refractivity contribution is -0.157. The molecule has 5 nitrogen and oxygen atoms in total. The van der Waals surface area contributed by atoms with Crippen molar-refractivity contribution in [1.29, 1.82) is 0 Å². The molecule has 2 saturated carbocycles. The Hall–Kier alpha value is -1.36. The van der Waals surface area contributed by atoms with E-state index in [4.69, 9.17) is 14.2 Å². The molecule has 0 aromatic carbocycles. The lowest BCUT2D eigenvalue weighted by Crippen LogP contribution is -2.56. The summed E-state index contributed by atoms with van der Waals surface area (Å²) in [6.07, 6.45) is 2.12. The summed E-state index contributed by atoms with van der Waals surface area (Å²) < 4.78 is 17.2. The molecule has 4 aliphatic rings. The summed E-state index contributed by atoms with van der Waals surface area (Å²) in [7, 11) is 0. The highest BCUT2D eigenvalue weighted by Gasteiger charge is 2.78. The topological polar surface area (TPSA) is 65.1 Å². The van der Waals surface area contributed by atoms with Gasteiger partial charge in [-0.25, -0.2) is 4.79 Å². The highest BCUT2D eigenvalue weighted by molar-refractivity contribution is 5.91. The van der Waals surface area contributed by atoms with Gasteiger partial charge in [-0.2, -0.15) is 0 Å². The Morgan fingerprint density at radius 2 is 2.14 bits per heavy atom. The molecule has 0 bridgehead atoms. The first-order chi connectivity index (χ1) is 10.3. The number of carbonyl (C=O) groups is 2. The number of hydrogen-bond acceptors (Lipinski definition) is 5. The van der Waals surface area contributed by atoms with Crippen molar-refractivity contribution in [2.75, 3.05) is 0 Å². The first-order valence-electron chi connectivity index (χ1n) is 8.03. The monoisotopic (exact) mass is 306 g/mol. The van der Waals surface area contributed by atoms with Gasteiger partial charge in [-0.05, 0) is 25.2 Å². The number of carbonyl (C=O) groups excluding carboxylic acids is 2. The van der Waals surface area contributed by atoms with Crippen molar-refractivity contribution in [3.05, 3.63) is 12.2 Å². The van der Waals surface area contributed by atoms with E-state index >= 15 is 0 Å². The quantitative estimate of drug-likeness (QED) is 0.421. The van der Waals surface area contributed by atoms with Crippen LogP contribution in [0.15, 0.2) is 12.2 Å². The Morgan fingerprint density at radius 3 is 2.82 bits per heavy atom. The molecule has 0 amide bonds. The summed E-state index contributed by atoms with van der Waals surface area (Å²) in [4.78, 5) is 23.2. The fraction of sp³-hybridized carbons (Fsp3) is 0.765. The van der Waals surface area contributed by atoms with Gasteiger partial charge < -0.3 is 14.2 Å². The van der Waals surface area contributed by atoms with Gasteiger partial charge in [0.1, 0.15) is 17.8 Å². The first-order valence-corrected chi connectivity index (χ1v) is 8.03. The van der Waals surface area contributed by atoms with Gasteiger partial charge in [0.05, 0.1) is 12.0 Å². The fourth-order valence-electron chi connectivity index (χ4n) is 5.51. The molecule has 120 valence electrons. The minimum absolute atomic E-state index is 0.00620. The molecule has 0 aromatic heterocycles. The minimum atomic E-state index is -0.285. The van der Waals surface area contributed by atoms with E-state index in [-0.39, 0.29) is 53.1 Å². The first kappa shape index (κ1) is 14.2. The third-order valence-electron chi connectivity index (χ3n) is 6.29. The molecular weight excluding hydrogens is 284 g/mol. The Balaban J connectivity index is 1.66. The van der Waals surface area contributed by atoms with E-state index in [0.717, 1.165) is 19.3 Å². The summed E-state index contributed by atoms with van der Waals surface area (Å²) in [5, 5.41) is 0. The average molecular weight is 306 g/mol. The number of fused-ring (bicyclic) bond motifs is 2. The van der Waals surface area contributed by atoms with E-state index in [1.807, 2.05) is 0 Å². The predicted molar refractivity (Wildman–Crippen MR) is 76.8 cm³/mol. The van der Waals surface area contributed by atoms with Crippen LogP contribution in [0.1, 0.15) is 40.0 Å². The average Bonchev–Trinajstić information content (AvgIpc) is 3.07. The molecule has 7 atom stereocenters. The van der Waals surface area contributed by atoms with E-state index in [1.54, 1.807) is 0 Å². The van der Waals surface area contributed by atoms with E-state index < -0.39 is 0 Å². The molecule has 22 heavy (non-hydrogen) atoms. The largest absolute Gasteiger partial charge is 0.463 e. The standard InChI is InChI=1S/C17H22O5/c1-8-5-11(20-10(3)18)6-16(4)7-12-13(9(2)15(19)21-12)14-17(8,16)22-14/h8,11-14H,2,5-7H2,1,3-4H3/t8-,11-,12+,13+,14-,16+,17-/m0/s1. The number of epoxide rings is 1. The zero-order chi connectivity index (χ0) is 15.9. The zero-order valence-electron chi connectivity index (χ0n) is 13.3. The van der Waals surface area contributed by atoms with Gasteiger partial charge in [-0.1, -0.05) is 20.4 Å². The van der Waals surface area contributed by atoms with Crippen LogP contribution in [-0.4, -0.2) is 35.9 Å². The Bertz CT molecular complexity index is 584. The van der Waals surface area contributed by atoms with Crippen molar-refractivity contribution in [3.8, 4) is 0 Å². The van der Waals surface area contributed by atoms with Crippen LogP contribution >= 0.6 is 0 Å². The number of ether oxygens (including phenoxy) is 3. The molecule has 0 radical (unpaired) electrons.